The van der Waals surface area contributed by atoms with Crippen molar-refractivity contribution in [2.45, 2.75) is 39.0 Å². The minimum absolute atomic E-state index is 1.14. The lowest BCUT2D eigenvalue weighted by molar-refractivity contribution is 1.07. The molecule has 0 radical (unpaired) electrons. The van der Waals surface area contributed by atoms with Gasteiger partial charge in [-0.05, 0) is 31.2 Å². The Balaban J connectivity index is 0.000000671. The molecule has 0 aliphatic carbocycles. The Bertz CT molecular complexity index is 241. The molecule has 0 nitrogen and oxygen atoms in total. The molecule has 0 saturated heterocycles. The molecule has 1 heteroatoms. The van der Waals surface area contributed by atoms with Gasteiger partial charge in [0.2, 0.25) is 0 Å². The molecule has 0 unspecified atom stereocenters. The van der Waals surface area contributed by atoms with E-state index in [-0.39, 0.29) is 0 Å². The largest absolute Gasteiger partial charge is 0.129 e. The normalized spacial score (nSPS) is 9.00. The van der Waals surface area contributed by atoms with Crippen molar-refractivity contribution < 1.29 is 0 Å². The zero-order valence-electron chi connectivity index (χ0n) is 9.35. The highest BCUT2D eigenvalue weighted by Crippen LogP contribution is 2.21. The smallest absolute Gasteiger partial charge is 0.0101 e. The highest BCUT2D eigenvalue weighted by molar-refractivity contribution is 7.98. The van der Waals surface area contributed by atoms with Gasteiger partial charge in [-0.25, -0.2) is 0 Å². The molecular weight excluding hydrogens is 176 g/mol. The number of aryl methyl sites for hydroxylation is 2. The standard InChI is InChI=1S/C10H14S.C2H6/c1-4-9-7-8(2)5-6-10(9)11-3;1-2/h5-7H,4H2,1-3H3;1-2H3. The summed E-state index contributed by atoms with van der Waals surface area (Å²) in [5.74, 6) is 0. The fourth-order valence-corrected chi connectivity index (χ4v) is 1.85. The minimum atomic E-state index is 1.14. The molecule has 0 N–H and O–H groups in total. The maximum atomic E-state index is 2.27. The first-order valence-electron chi connectivity index (χ1n) is 4.91. The molecule has 0 amide bonds. The van der Waals surface area contributed by atoms with E-state index in [9.17, 15) is 0 Å². The van der Waals surface area contributed by atoms with Gasteiger partial charge in [0.05, 0.1) is 0 Å². The third kappa shape index (κ3) is 3.86. The van der Waals surface area contributed by atoms with Gasteiger partial charge in [-0.3, -0.25) is 0 Å². The second-order valence-electron chi connectivity index (χ2n) is 2.67. The van der Waals surface area contributed by atoms with Crippen LogP contribution in [0.15, 0.2) is 23.1 Å². The third-order valence-corrected chi connectivity index (χ3v) is 2.65. The van der Waals surface area contributed by atoms with Crippen molar-refractivity contribution >= 4 is 11.8 Å². The molecule has 74 valence electrons. The van der Waals surface area contributed by atoms with E-state index in [4.69, 9.17) is 0 Å². The molecule has 0 spiro atoms. The summed E-state index contributed by atoms with van der Waals surface area (Å²) >= 11 is 1.83. The average Bonchev–Trinajstić information content (AvgIpc) is 2.20. The lowest BCUT2D eigenvalue weighted by Gasteiger charge is -2.04. The summed E-state index contributed by atoms with van der Waals surface area (Å²) in [6.45, 7) is 8.34. The molecule has 1 aromatic carbocycles. The predicted octanol–water partition coefficient (Wildman–Crippen LogP) is 4.31. The van der Waals surface area contributed by atoms with E-state index in [2.05, 4.69) is 38.3 Å². The van der Waals surface area contributed by atoms with Crippen molar-refractivity contribution in [3.8, 4) is 0 Å². The molecule has 0 fully saturated rings. The van der Waals surface area contributed by atoms with Gasteiger partial charge >= 0.3 is 0 Å². The van der Waals surface area contributed by atoms with E-state index in [1.807, 2.05) is 25.6 Å². The molecule has 0 aliphatic heterocycles. The van der Waals surface area contributed by atoms with Gasteiger partial charge in [0, 0.05) is 4.90 Å². The van der Waals surface area contributed by atoms with Gasteiger partial charge in [0.1, 0.15) is 0 Å². The molecular formula is C12H20S. The van der Waals surface area contributed by atoms with Crippen molar-refractivity contribution in [2.24, 2.45) is 0 Å². The Morgan fingerprint density at radius 3 is 2.31 bits per heavy atom. The van der Waals surface area contributed by atoms with Crippen LogP contribution in [-0.2, 0) is 6.42 Å². The van der Waals surface area contributed by atoms with Crippen LogP contribution in [0.1, 0.15) is 31.9 Å². The SMILES string of the molecule is CC.CCc1cc(C)ccc1SC. The van der Waals surface area contributed by atoms with Crippen LogP contribution >= 0.6 is 11.8 Å². The van der Waals surface area contributed by atoms with Crippen molar-refractivity contribution in [3.63, 3.8) is 0 Å². The van der Waals surface area contributed by atoms with Crippen LogP contribution in [0.5, 0.6) is 0 Å². The summed E-state index contributed by atoms with van der Waals surface area (Å²) in [6, 6.07) is 6.65. The highest BCUT2D eigenvalue weighted by Gasteiger charge is 1.97. The van der Waals surface area contributed by atoms with Gasteiger partial charge < -0.3 is 0 Å². The maximum Gasteiger partial charge on any atom is 0.0101 e. The van der Waals surface area contributed by atoms with Gasteiger partial charge in [0.15, 0.2) is 0 Å². The van der Waals surface area contributed by atoms with Crippen LogP contribution in [0, 0.1) is 6.92 Å². The van der Waals surface area contributed by atoms with Gasteiger partial charge in [-0.2, -0.15) is 0 Å². The topological polar surface area (TPSA) is 0 Å². The van der Waals surface area contributed by atoms with Crippen LogP contribution in [0.3, 0.4) is 0 Å². The number of benzene rings is 1. The molecule has 13 heavy (non-hydrogen) atoms. The monoisotopic (exact) mass is 196 g/mol. The lowest BCUT2D eigenvalue weighted by Crippen LogP contribution is -1.85. The van der Waals surface area contributed by atoms with E-state index in [1.165, 1.54) is 16.0 Å². The van der Waals surface area contributed by atoms with Gasteiger partial charge in [0.25, 0.3) is 0 Å². The summed E-state index contributed by atoms with van der Waals surface area (Å²) < 4.78 is 0. The fraction of sp³-hybridized carbons (Fsp3) is 0.500. The quantitative estimate of drug-likeness (QED) is 0.635. The zero-order valence-corrected chi connectivity index (χ0v) is 10.2. The van der Waals surface area contributed by atoms with Crippen LogP contribution in [0.25, 0.3) is 0 Å². The Morgan fingerprint density at radius 2 is 1.85 bits per heavy atom. The van der Waals surface area contributed by atoms with Gasteiger partial charge in [-0.1, -0.05) is 38.5 Å². The second kappa shape index (κ2) is 7.02. The Hall–Kier alpha value is -0.430. The van der Waals surface area contributed by atoms with Crippen molar-refractivity contribution in [1.29, 1.82) is 0 Å². The minimum Gasteiger partial charge on any atom is -0.129 e. The van der Waals surface area contributed by atoms with Crippen molar-refractivity contribution in [2.75, 3.05) is 6.26 Å². The van der Waals surface area contributed by atoms with Crippen molar-refractivity contribution in [1.82, 2.24) is 0 Å². The number of hydrogen-bond acceptors (Lipinski definition) is 1. The van der Waals surface area contributed by atoms with Crippen LogP contribution in [0.2, 0.25) is 0 Å². The number of rotatable bonds is 2. The number of thioether (sulfide) groups is 1. The fourth-order valence-electron chi connectivity index (χ4n) is 1.18. The first kappa shape index (κ1) is 12.6. The number of hydrogen-bond donors (Lipinski definition) is 0. The molecule has 0 aliphatic rings. The van der Waals surface area contributed by atoms with Crippen molar-refractivity contribution in [3.05, 3.63) is 29.3 Å². The molecule has 0 aromatic heterocycles. The summed E-state index contributed by atoms with van der Waals surface area (Å²) in [5.41, 5.74) is 2.83. The maximum absolute atomic E-state index is 2.27. The Morgan fingerprint density at radius 1 is 1.23 bits per heavy atom. The molecule has 0 bridgehead atoms. The van der Waals surface area contributed by atoms with Crippen LogP contribution < -0.4 is 0 Å². The molecule has 1 rings (SSSR count). The summed E-state index contributed by atoms with van der Waals surface area (Å²) in [5, 5.41) is 0. The zero-order chi connectivity index (χ0) is 10.3. The van der Waals surface area contributed by atoms with E-state index < -0.39 is 0 Å². The summed E-state index contributed by atoms with van der Waals surface area (Å²) in [6.07, 6.45) is 3.27. The van der Waals surface area contributed by atoms with E-state index in [0.717, 1.165) is 6.42 Å². The third-order valence-electron chi connectivity index (χ3n) is 1.82. The summed E-state index contributed by atoms with van der Waals surface area (Å²) in [7, 11) is 0. The second-order valence-corrected chi connectivity index (χ2v) is 3.52. The first-order chi connectivity index (χ1) is 6.27. The van der Waals surface area contributed by atoms with Gasteiger partial charge in [-0.15, -0.1) is 11.8 Å². The average molecular weight is 196 g/mol. The van der Waals surface area contributed by atoms with Crippen LogP contribution in [0.4, 0.5) is 0 Å². The highest BCUT2D eigenvalue weighted by atomic mass is 32.2. The lowest BCUT2D eigenvalue weighted by atomic mass is 10.1. The van der Waals surface area contributed by atoms with E-state index in [1.54, 1.807) is 0 Å². The van der Waals surface area contributed by atoms with E-state index >= 15 is 0 Å². The van der Waals surface area contributed by atoms with Crippen LogP contribution in [-0.4, -0.2) is 6.26 Å². The molecule has 0 atom stereocenters. The first-order valence-corrected chi connectivity index (χ1v) is 6.14. The molecule has 0 heterocycles. The molecule has 0 saturated carbocycles. The molecule has 1 aromatic rings. The van der Waals surface area contributed by atoms with E-state index in [0.29, 0.717) is 0 Å². The predicted molar refractivity (Wildman–Crippen MR) is 63.7 cm³/mol. The summed E-state index contributed by atoms with van der Waals surface area (Å²) in [4.78, 5) is 1.41. The Labute approximate surface area is 86.7 Å². The Kier molecular flexibility index (Phi) is 6.79.